The summed E-state index contributed by atoms with van der Waals surface area (Å²) in [6.07, 6.45) is 0.810. The largest absolute Gasteiger partial charge is 0.419 e. The highest BCUT2D eigenvalue weighted by atomic mass is 16.4. The van der Waals surface area contributed by atoms with Crippen LogP contribution in [0.3, 0.4) is 0 Å². The number of aliphatic hydroxyl groups is 1. The van der Waals surface area contributed by atoms with E-state index in [4.69, 9.17) is 10.2 Å². The Bertz CT molecular complexity index is 571. The maximum Gasteiger partial charge on any atom is 0.419 e. The van der Waals surface area contributed by atoms with Crippen molar-refractivity contribution in [3.8, 4) is 0 Å². The summed E-state index contributed by atoms with van der Waals surface area (Å²) in [5.74, 6) is -0.395. The number of oxazole rings is 1. The Labute approximate surface area is 98.5 Å². The number of nitrogens with two attached hydrogens (primary N) is 1. The summed E-state index contributed by atoms with van der Waals surface area (Å²) in [6, 6.07) is 5.29. The average molecular weight is 236 g/mol. The maximum absolute atomic E-state index is 11.3. The first-order valence-electron chi connectivity index (χ1n) is 5.61. The molecule has 0 fully saturated rings. The van der Waals surface area contributed by atoms with Crippen LogP contribution in [0.5, 0.6) is 0 Å². The third kappa shape index (κ3) is 2.25. The van der Waals surface area contributed by atoms with Gasteiger partial charge in [-0.05, 0) is 37.1 Å². The van der Waals surface area contributed by atoms with Gasteiger partial charge in [0, 0.05) is 7.05 Å². The lowest BCUT2D eigenvalue weighted by Crippen LogP contribution is -2.08. The second-order valence-electron chi connectivity index (χ2n) is 4.10. The molecular formula is C12H16N2O3. The average Bonchev–Trinajstić information content (AvgIpc) is 2.61. The van der Waals surface area contributed by atoms with Crippen molar-refractivity contribution >= 4 is 11.1 Å². The van der Waals surface area contributed by atoms with Gasteiger partial charge in [-0.3, -0.25) is 4.57 Å². The summed E-state index contributed by atoms with van der Waals surface area (Å²) in [5, 5.41) is 9.91. The van der Waals surface area contributed by atoms with Gasteiger partial charge in [-0.25, -0.2) is 4.79 Å². The first-order valence-corrected chi connectivity index (χ1v) is 5.61. The molecule has 92 valence electrons. The Morgan fingerprint density at radius 1 is 1.53 bits per heavy atom. The van der Waals surface area contributed by atoms with E-state index >= 15 is 0 Å². The van der Waals surface area contributed by atoms with Crippen molar-refractivity contribution in [3.05, 3.63) is 34.3 Å². The van der Waals surface area contributed by atoms with E-state index < -0.39 is 11.9 Å². The Kier molecular flexibility index (Phi) is 3.31. The minimum atomic E-state index is -0.562. The van der Waals surface area contributed by atoms with Gasteiger partial charge in [0.2, 0.25) is 0 Å². The summed E-state index contributed by atoms with van der Waals surface area (Å²) < 4.78 is 6.50. The van der Waals surface area contributed by atoms with Crippen molar-refractivity contribution in [3.63, 3.8) is 0 Å². The highest BCUT2D eigenvalue weighted by molar-refractivity contribution is 5.73. The number of rotatable bonds is 4. The van der Waals surface area contributed by atoms with Gasteiger partial charge in [0.1, 0.15) is 0 Å². The van der Waals surface area contributed by atoms with Crippen LogP contribution in [0.1, 0.15) is 24.5 Å². The molecule has 0 saturated carbocycles. The number of hydrogen-bond donors (Lipinski definition) is 2. The summed E-state index contributed by atoms with van der Waals surface area (Å²) in [7, 11) is 1.65. The smallest absolute Gasteiger partial charge is 0.408 e. The van der Waals surface area contributed by atoms with E-state index in [1.807, 2.05) is 0 Å². The number of fused-ring (bicyclic) bond motifs is 1. The highest BCUT2D eigenvalue weighted by Gasteiger charge is 2.11. The molecule has 2 rings (SSSR count). The molecule has 5 heteroatoms. The van der Waals surface area contributed by atoms with E-state index in [1.165, 1.54) is 4.57 Å². The van der Waals surface area contributed by atoms with Crippen LogP contribution in [0.2, 0.25) is 0 Å². The van der Waals surface area contributed by atoms with Gasteiger partial charge in [0.05, 0.1) is 11.6 Å². The molecule has 0 aliphatic heterocycles. The van der Waals surface area contributed by atoms with Crippen molar-refractivity contribution in [1.82, 2.24) is 4.57 Å². The van der Waals surface area contributed by atoms with E-state index in [0.717, 1.165) is 17.5 Å². The van der Waals surface area contributed by atoms with Crippen LogP contribution in [0.4, 0.5) is 0 Å². The number of hydrogen-bond acceptors (Lipinski definition) is 4. The monoisotopic (exact) mass is 236 g/mol. The quantitative estimate of drug-likeness (QED) is 0.826. The van der Waals surface area contributed by atoms with Crippen LogP contribution in [0.25, 0.3) is 11.1 Å². The molecule has 1 aromatic heterocycles. The summed E-state index contributed by atoms with van der Waals surface area (Å²) >= 11 is 0. The third-order valence-electron chi connectivity index (χ3n) is 2.88. The molecule has 0 bridgehead atoms. The lowest BCUT2D eigenvalue weighted by Gasteiger charge is -2.09. The van der Waals surface area contributed by atoms with E-state index in [9.17, 15) is 9.90 Å². The molecule has 0 aliphatic rings. The number of aryl methyl sites for hydroxylation is 1. The highest BCUT2D eigenvalue weighted by Crippen LogP contribution is 2.22. The maximum atomic E-state index is 11.3. The van der Waals surface area contributed by atoms with Gasteiger partial charge in [-0.15, -0.1) is 0 Å². The van der Waals surface area contributed by atoms with Gasteiger partial charge >= 0.3 is 5.76 Å². The molecule has 2 aromatic rings. The van der Waals surface area contributed by atoms with E-state index in [2.05, 4.69) is 0 Å². The third-order valence-corrected chi connectivity index (χ3v) is 2.88. The second kappa shape index (κ2) is 4.73. The fourth-order valence-corrected chi connectivity index (χ4v) is 1.84. The lowest BCUT2D eigenvalue weighted by molar-refractivity contribution is 0.165. The summed E-state index contributed by atoms with van der Waals surface area (Å²) in [5.41, 5.74) is 7.37. The molecule has 0 saturated heterocycles. The second-order valence-corrected chi connectivity index (χ2v) is 4.10. The predicted molar refractivity (Wildman–Crippen MR) is 64.7 cm³/mol. The standard InChI is InChI=1S/C12H16N2O3/c1-14-9-5-4-8(10(15)3-2-6-13)7-11(9)17-12(14)16/h4-5,7,10,15H,2-3,6,13H2,1H3. The topological polar surface area (TPSA) is 81.4 Å². The van der Waals surface area contributed by atoms with Crippen molar-refractivity contribution in [1.29, 1.82) is 0 Å². The zero-order valence-electron chi connectivity index (χ0n) is 9.72. The normalized spacial score (nSPS) is 13.1. The van der Waals surface area contributed by atoms with Gasteiger partial charge in [-0.2, -0.15) is 0 Å². The first kappa shape index (κ1) is 11.9. The van der Waals surface area contributed by atoms with Crippen LogP contribution in [0.15, 0.2) is 27.4 Å². The summed E-state index contributed by atoms with van der Waals surface area (Å²) in [6.45, 7) is 0.555. The van der Waals surface area contributed by atoms with Gasteiger partial charge in [0.25, 0.3) is 0 Å². The van der Waals surface area contributed by atoms with E-state index in [-0.39, 0.29) is 0 Å². The molecule has 0 amide bonds. The minimum Gasteiger partial charge on any atom is -0.408 e. The van der Waals surface area contributed by atoms with Crippen molar-refractivity contribution in [2.45, 2.75) is 18.9 Å². The molecule has 1 aromatic carbocycles. The molecule has 0 radical (unpaired) electrons. The van der Waals surface area contributed by atoms with Crippen molar-refractivity contribution < 1.29 is 9.52 Å². The van der Waals surface area contributed by atoms with E-state index in [1.54, 1.807) is 25.2 Å². The summed E-state index contributed by atoms with van der Waals surface area (Å²) in [4.78, 5) is 11.3. The van der Waals surface area contributed by atoms with Crippen LogP contribution >= 0.6 is 0 Å². The van der Waals surface area contributed by atoms with Gasteiger partial charge < -0.3 is 15.3 Å². The van der Waals surface area contributed by atoms with Crippen molar-refractivity contribution in [2.24, 2.45) is 12.8 Å². The van der Waals surface area contributed by atoms with Crippen LogP contribution in [-0.4, -0.2) is 16.2 Å². The molecular weight excluding hydrogens is 220 g/mol. The van der Waals surface area contributed by atoms with Crippen LogP contribution < -0.4 is 11.5 Å². The minimum absolute atomic E-state index is 0.395. The molecule has 1 atom stereocenters. The Balaban J connectivity index is 2.34. The Morgan fingerprint density at radius 3 is 3.00 bits per heavy atom. The molecule has 1 unspecified atom stereocenters. The van der Waals surface area contributed by atoms with Crippen LogP contribution in [0, 0.1) is 0 Å². The molecule has 17 heavy (non-hydrogen) atoms. The molecule has 1 heterocycles. The zero-order chi connectivity index (χ0) is 12.4. The Morgan fingerprint density at radius 2 is 2.29 bits per heavy atom. The van der Waals surface area contributed by atoms with Crippen LogP contribution in [-0.2, 0) is 7.05 Å². The van der Waals surface area contributed by atoms with Gasteiger partial charge in [-0.1, -0.05) is 6.07 Å². The fourth-order valence-electron chi connectivity index (χ4n) is 1.84. The predicted octanol–water partition coefficient (Wildman–Crippen LogP) is 0.904. The number of nitrogens with zero attached hydrogens (tertiary/aromatic N) is 1. The molecule has 3 N–H and O–H groups in total. The number of aliphatic hydroxyl groups excluding tert-OH is 1. The molecule has 0 spiro atoms. The van der Waals surface area contributed by atoms with Gasteiger partial charge in [0.15, 0.2) is 5.58 Å². The lowest BCUT2D eigenvalue weighted by atomic mass is 10.0. The van der Waals surface area contributed by atoms with Crippen molar-refractivity contribution in [2.75, 3.05) is 6.54 Å². The zero-order valence-corrected chi connectivity index (χ0v) is 9.72. The van der Waals surface area contributed by atoms with E-state index in [0.29, 0.717) is 18.5 Å². The first-order chi connectivity index (χ1) is 8.13. The SMILES string of the molecule is Cn1c(=O)oc2cc(C(O)CCCN)ccc21. The molecule has 5 nitrogen and oxygen atoms in total. The fraction of sp³-hybridized carbons (Fsp3) is 0.417. The Hall–Kier alpha value is -1.59. The number of benzene rings is 1. The molecule has 0 aliphatic carbocycles. The number of aromatic nitrogens is 1.